The van der Waals surface area contributed by atoms with Crippen molar-refractivity contribution in [2.75, 3.05) is 7.05 Å². The summed E-state index contributed by atoms with van der Waals surface area (Å²) in [6.07, 6.45) is 0.954. The van der Waals surface area contributed by atoms with E-state index < -0.39 is 0 Å². The van der Waals surface area contributed by atoms with E-state index in [2.05, 4.69) is 33.4 Å². The summed E-state index contributed by atoms with van der Waals surface area (Å²) in [5.74, 6) is 0.0881. The first-order valence-corrected chi connectivity index (χ1v) is 4.80. The summed E-state index contributed by atoms with van der Waals surface area (Å²) >= 11 is 4.11. The lowest BCUT2D eigenvalue weighted by Gasteiger charge is -2.35. The molecule has 0 aromatic heterocycles. The summed E-state index contributed by atoms with van der Waals surface area (Å²) in [6, 6.07) is 0. The second-order valence-electron chi connectivity index (χ2n) is 3.74. The zero-order valence-corrected chi connectivity index (χ0v) is 9.48. The van der Waals surface area contributed by atoms with Crippen LogP contribution in [-0.2, 0) is 4.79 Å². The summed E-state index contributed by atoms with van der Waals surface area (Å²) in [7, 11) is 1.83. The SMILES string of the molecule is CCC(C)(C)N(C)C(=O)C(C)S. The molecule has 0 radical (unpaired) electrons. The molecule has 2 nitrogen and oxygen atoms in total. The third-order valence-electron chi connectivity index (χ3n) is 2.46. The van der Waals surface area contributed by atoms with Gasteiger partial charge in [0, 0.05) is 12.6 Å². The normalized spacial score (nSPS) is 14.2. The Hall–Kier alpha value is -0.180. The van der Waals surface area contributed by atoms with Crippen LogP contribution >= 0.6 is 12.6 Å². The fourth-order valence-corrected chi connectivity index (χ4v) is 0.989. The smallest absolute Gasteiger partial charge is 0.235 e. The maximum absolute atomic E-state index is 11.5. The van der Waals surface area contributed by atoms with Gasteiger partial charge in [-0.1, -0.05) is 6.92 Å². The average Bonchev–Trinajstić information content (AvgIpc) is 2.01. The maximum atomic E-state index is 11.5. The molecule has 0 aliphatic carbocycles. The van der Waals surface area contributed by atoms with Crippen LogP contribution in [0.5, 0.6) is 0 Å². The van der Waals surface area contributed by atoms with E-state index >= 15 is 0 Å². The zero-order valence-electron chi connectivity index (χ0n) is 8.59. The highest BCUT2D eigenvalue weighted by Crippen LogP contribution is 2.18. The summed E-state index contributed by atoms with van der Waals surface area (Å²) < 4.78 is 0. The van der Waals surface area contributed by atoms with Gasteiger partial charge in [0.05, 0.1) is 5.25 Å². The van der Waals surface area contributed by atoms with Gasteiger partial charge in [-0.25, -0.2) is 0 Å². The Bertz CT molecular complexity index is 166. The Morgan fingerprint density at radius 1 is 1.58 bits per heavy atom. The predicted octanol–water partition coefficient (Wildman–Crippen LogP) is 1.95. The van der Waals surface area contributed by atoms with E-state index in [-0.39, 0.29) is 16.7 Å². The van der Waals surface area contributed by atoms with Gasteiger partial charge in [0.15, 0.2) is 0 Å². The summed E-state index contributed by atoms with van der Waals surface area (Å²) in [5.41, 5.74) is -0.0614. The van der Waals surface area contributed by atoms with E-state index in [1.165, 1.54) is 0 Å². The van der Waals surface area contributed by atoms with Crippen LogP contribution in [-0.4, -0.2) is 28.6 Å². The van der Waals surface area contributed by atoms with Gasteiger partial charge in [-0.3, -0.25) is 4.79 Å². The van der Waals surface area contributed by atoms with Crippen molar-refractivity contribution in [2.45, 2.75) is 44.9 Å². The van der Waals surface area contributed by atoms with Crippen molar-refractivity contribution in [2.24, 2.45) is 0 Å². The maximum Gasteiger partial charge on any atom is 0.235 e. The fourth-order valence-electron chi connectivity index (χ4n) is 0.816. The molecular formula is C9H19NOS. The summed E-state index contributed by atoms with van der Waals surface area (Å²) in [6.45, 7) is 7.99. The number of nitrogens with zero attached hydrogens (tertiary/aromatic N) is 1. The average molecular weight is 189 g/mol. The Balaban J connectivity index is 4.38. The number of hydrogen-bond donors (Lipinski definition) is 1. The van der Waals surface area contributed by atoms with Gasteiger partial charge in [-0.05, 0) is 27.2 Å². The van der Waals surface area contributed by atoms with Crippen LogP contribution < -0.4 is 0 Å². The van der Waals surface area contributed by atoms with Crippen molar-refractivity contribution >= 4 is 18.5 Å². The van der Waals surface area contributed by atoms with Gasteiger partial charge in [0.2, 0.25) is 5.91 Å². The van der Waals surface area contributed by atoms with Gasteiger partial charge in [0.1, 0.15) is 0 Å². The minimum absolute atomic E-state index is 0.0614. The van der Waals surface area contributed by atoms with Crippen molar-refractivity contribution in [3.8, 4) is 0 Å². The first kappa shape index (κ1) is 11.8. The summed E-state index contributed by atoms with van der Waals surface area (Å²) in [5, 5.41) is -0.208. The number of thiol groups is 1. The summed E-state index contributed by atoms with van der Waals surface area (Å²) in [4.78, 5) is 13.3. The van der Waals surface area contributed by atoms with E-state index in [4.69, 9.17) is 0 Å². The topological polar surface area (TPSA) is 20.3 Å². The van der Waals surface area contributed by atoms with Crippen LogP contribution in [0.25, 0.3) is 0 Å². The molecule has 0 saturated heterocycles. The van der Waals surface area contributed by atoms with Gasteiger partial charge in [0.25, 0.3) is 0 Å². The van der Waals surface area contributed by atoms with Crippen LogP contribution in [0.15, 0.2) is 0 Å². The van der Waals surface area contributed by atoms with E-state index in [0.29, 0.717) is 0 Å². The fraction of sp³-hybridized carbons (Fsp3) is 0.889. The van der Waals surface area contributed by atoms with E-state index in [1.807, 2.05) is 7.05 Å². The van der Waals surface area contributed by atoms with E-state index in [0.717, 1.165) is 6.42 Å². The Kier molecular flexibility index (Phi) is 4.11. The molecule has 0 saturated carbocycles. The minimum Gasteiger partial charge on any atom is -0.340 e. The molecule has 0 heterocycles. The molecule has 1 amide bonds. The predicted molar refractivity (Wildman–Crippen MR) is 55.6 cm³/mol. The molecule has 0 aromatic carbocycles. The molecule has 0 rings (SSSR count). The molecular weight excluding hydrogens is 170 g/mol. The highest BCUT2D eigenvalue weighted by atomic mass is 32.1. The highest BCUT2D eigenvalue weighted by Gasteiger charge is 2.27. The second kappa shape index (κ2) is 4.17. The molecule has 1 atom stereocenters. The van der Waals surface area contributed by atoms with Gasteiger partial charge < -0.3 is 4.90 Å². The van der Waals surface area contributed by atoms with Crippen molar-refractivity contribution in [1.29, 1.82) is 0 Å². The molecule has 0 aliphatic heterocycles. The largest absolute Gasteiger partial charge is 0.340 e. The molecule has 0 fully saturated rings. The Morgan fingerprint density at radius 2 is 2.00 bits per heavy atom. The van der Waals surface area contributed by atoms with Gasteiger partial charge >= 0.3 is 0 Å². The van der Waals surface area contributed by atoms with Crippen molar-refractivity contribution in [1.82, 2.24) is 4.90 Å². The van der Waals surface area contributed by atoms with E-state index in [9.17, 15) is 4.79 Å². The molecule has 0 N–H and O–H groups in total. The molecule has 0 bridgehead atoms. The number of carbonyl (C=O) groups is 1. The van der Waals surface area contributed by atoms with Crippen molar-refractivity contribution in [3.05, 3.63) is 0 Å². The molecule has 0 spiro atoms. The first-order valence-electron chi connectivity index (χ1n) is 4.28. The lowest BCUT2D eigenvalue weighted by Crippen LogP contribution is -2.47. The Labute approximate surface area is 80.7 Å². The van der Waals surface area contributed by atoms with E-state index in [1.54, 1.807) is 11.8 Å². The van der Waals surface area contributed by atoms with Crippen LogP contribution in [0, 0.1) is 0 Å². The van der Waals surface area contributed by atoms with Gasteiger partial charge in [-0.15, -0.1) is 0 Å². The molecule has 72 valence electrons. The van der Waals surface area contributed by atoms with Crippen molar-refractivity contribution in [3.63, 3.8) is 0 Å². The highest BCUT2D eigenvalue weighted by molar-refractivity contribution is 7.81. The Morgan fingerprint density at radius 3 is 2.25 bits per heavy atom. The zero-order chi connectivity index (χ0) is 9.94. The number of carbonyl (C=O) groups excluding carboxylic acids is 1. The van der Waals surface area contributed by atoms with Crippen LogP contribution in [0.3, 0.4) is 0 Å². The second-order valence-corrected chi connectivity index (χ2v) is 4.51. The molecule has 0 aromatic rings. The minimum atomic E-state index is -0.208. The number of amides is 1. The molecule has 12 heavy (non-hydrogen) atoms. The standard InChI is InChI=1S/C9H19NOS/c1-6-9(3,4)10(5)8(11)7(2)12/h7,12H,6H2,1-5H3. The molecule has 1 unspecified atom stereocenters. The lowest BCUT2D eigenvalue weighted by atomic mass is 10.00. The number of hydrogen-bond acceptors (Lipinski definition) is 2. The van der Waals surface area contributed by atoms with Gasteiger partial charge in [-0.2, -0.15) is 12.6 Å². The molecule has 3 heteroatoms. The quantitative estimate of drug-likeness (QED) is 0.673. The van der Waals surface area contributed by atoms with Crippen LogP contribution in [0.4, 0.5) is 0 Å². The third-order valence-corrected chi connectivity index (χ3v) is 2.68. The first-order chi connectivity index (χ1) is 5.33. The number of rotatable bonds is 3. The molecule has 0 aliphatic rings. The monoisotopic (exact) mass is 189 g/mol. The van der Waals surface area contributed by atoms with Crippen LogP contribution in [0.1, 0.15) is 34.1 Å². The van der Waals surface area contributed by atoms with Crippen LogP contribution in [0.2, 0.25) is 0 Å². The third kappa shape index (κ3) is 2.70. The lowest BCUT2D eigenvalue weighted by molar-refractivity contribution is -0.133. The van der Waals surface area contributed by atoms with Crippen molar-refractivity contribution < 1.29 is 4.79 Å².